The lowest BCUT2D eigenvalue weighted by atomic mass is 9.92. The highest BCUT2D eigenvalue weighted by molar-refractivity contribution is 7.86. The molecule has 0 unspecified atom stereocenters. The maximum atomic E-state index is 11.7. The van der Waals surface area contributed by atoms with E-state index in [4.69, 9.17) is 9.88 Å². The third kappa shape index (κ3) is 3.20. The van der Waals surface area contributed by atoms with Gasteiger partial charge in [-0.05, 0) is 41.3 Å². The SMILES string of the molecule is COc1ccc2c(-c3ccc4c(c3)CN(S(N)(=O)=O)CC4)c(C#N)cnc2c1. The van der Waals surface area contributed by atoms with Gasteiger partial charge < -0.3 is 4.74 Å². The molecular formula is C20H18N4O3S. The van der Waals surface area contributed by atoms with Gasteiger partial charge in [0.05, 0.1) is 18.2 Å². The molecule has 4 rings (SSSR count). The van der Waals surface area contributed by atoms with E-state index in [1.165, 1.54) is 4.31 Å². The second-order valence-electron chi connectivity index (χ2n) is 6.65. The topological polar surface area (TPSA) is 109 Å². The van der Waals surface area contributed by atoms with Crippen LogP contribution in [0, 0.1) is 11.3 Å². The Labute approximate surface area is 163 Å². The van der Waals surface area contributed by atoms with Crippen LogP contribution in [-0.2, 0) is 23.2 Å². The zero-order valence-electron chi connectivity index (χ0n) is 15.2. The second-order valence-corrected chi connectivity index (χ2v) is 8.20. The number of ether oxygens (including phenoxy) is 1. The van der Waals surface area contributed by atoms with Crippen LogP contribution >= 0.6 is 0 Å². The van der Waals surface area contributed by atoms with Crippen molar-refractivity contribution in [2.75, 3.05) is 13.7 Å². The van der Waals surface area contributed by atoms with Gasteiger partial charge in [-0.1, -0.05) is 12.1 Å². The maximum Gasteiger partial charge on any atom is 0.277 e. The van der Waals surface area contributed by atoms with E-state index in [0.717, 1.165) is 33.2 Å². The molecule has 1 aliphatic rings. The van der Waals surface area contributed by atoms with Gasteiger partial charge in [-0.3, -0.25) is 4.98 Å². The van der Waals surface area contributed by atoms with E-state index in [1.54, 1.807) is 13.3 Å². The minimum Gasteiger partial charge on any atom is -0.497 e. The van der Waals surface area contributed by atoms with Crippen LogP contribution in [0.1, 0.15) is 16.7 Å². The molecule has 7 nitrogen and oxygen atoms in total. The molecule has 2 N–H and O–H groups in total. The Morgan fingerprint density at radius 1 is 1.21 bits per heavy atom. The highest BCUT2D eigenvalue weighted by Crippen LogP contribution is 2.34. The number of benzene rings is 2. The van der Waals surface area contributed by atoms with Gasteiger partial charge in [-0.25, -0.2) is 5.14 Å². The smallest absolute Gasteiger partial charge is 0.277 e. The van der Waals surface area contributed by atoms with Gasteiger partial charge in [0.25, 0.3) is 10.2 Å². The van der Waals surface area contributed by atoms with Crippen LogP contribution in [0.4, 0.5) is 0 Å². The number of nitrogens with two attached hydrogens (primary N) is 1. The first kappa shape index (κ1) is 18.4. The van der Waals surface area contributed by atoms with Crippen molar-refractivity contribution in [2.45, 2.75) is 13.0 Å². The molecule has 3 aromatic rings. The van der Waals surface area contributed by atoms with Crippen LogP contribution < -0.4 is 9.88 Å². The molecule has 1 aromatic heterocycles. The number of aromatic nitrogens is 1. The van der Waals surface area contributed by atoms with Crippen molar-refractivity contribution >= 4 is 21.1 Å². The van der Waals surface area contributed by atoms with Crippen molar-refractivity contribution in [1.29, 1.82) is 5.26 Å². The second kappa shape index (κ2) is 6.87. The van der Waals surface area contributed by atoms with Crippen LogP contribution in [0.2, 0.25) is 0 Å². The van der Waals surface area contributed by atoms with E-state index in [-0.39, 0.29) is 6.54 Å². The van der Waals surface area contributed by atoms with Gasteiger partial charge in [0.15, 0.2) is 0 Å². The molecule has 0 aliphatic carbocycles. The van der Waals surface area contributed by atoms with Gasteiger partial charge in [0.2, 0.25) is 0 Å². The fourth-order valence-corrected chi connectivity index (χ4v) is 4.26. The monoisotopic (exact) mass is 394 g/mol. The maximum absolute atomic E-state index is 11.7. The molecule has 0 amide bonds. The van der Waals surface area contributed by atoms with Gasteiger partial charge >= 0.3 is 0 Å². The predicted molar refractivity (Wildman–Crippen MR) is 106 cm³/mol. The molecule has 0 atom stereocenters. The molecule has 28 heavy (non-hydrogen) atoms. The summed E-state index contributed by atoms with van der Waals surface area (Å²) in [7, 11) is -2.15. The lowest BCUT2D eigenvalue weighted by Gasteiger charge is -2.26. The fourth-order valence-electron chi connectivity index (χ4n) is 3.60. The third-order valence-electron chi connectivity index (χ3n) is 5.03. The summed E-state index contributed by atoms with van der Waals surface area (Å²) in [5.74, 6) is 0.685. The summed E-state index contributed by atoms with van der Waals surface area (Å²) in [5, 5.41) is 15.7. The van der Waals surface area contributed by atoms with Gasteiger partial charge in [0.1, 0.15) is 11.8 Å². The third-order valence-corrected chi connectivity index (χ3v) is 6.06. The molecule has 0 bridgehead atoms. The number of methoxy groups -OCH3 is 1. The fraction of sp³-hybridized carbons (Fsp3) is 0.200. The predicted octanol–water partition coefficient (Wildman–Crippen LogP) is 2.34. The summed E-state index contributed by atoms with van der Waals surface area (Å²) in [6.45, 7) is 0.591. The van der Waals surface area contributed by atoms with E-state index in [0.29, 0.717) is 24.3 Å². The molecule has 0 saturated carbocycles. The Hall–Kier alpha value is -2.99. The van der Waals surface area contributed by atoms with Gasteiger partial charge in [-0.15, -0.1) is 0 Å². The van der Waals surface area contributed by atoms with Crippen LogP contribution in [0.15, 0.2) is 42.6 Å². The molecule has 0 radical (unpaired) electrons. The summed E-state index contributed by atoms with van der Waals surface area (Å²) >= 11 is 0. The summed E-state index contributed by atoms with van der Waals surface area (Å²) in [6, 6.07) is 13.6. The number of nitriles is 1. The summed E-state index contributed by atoms with van der Waals surface area (Å²) in [6.07, 6.45) is 2.15. The number of hydrogen-bond donors (Lipinski definition) is 1. The van der Waals surface area contributed by atoms with E-state index < -0.39 is 10.2 Å². The number of pyridine rings is 1. The molecule has 0 fully saturated rings. The zero-order valence-corrected chi connectivity index (χ0v) is 16.0. The standard InChI is InChI=1S/C20H18N4O3S/c1-27-17-4-5-18-19(9-17)23-11-16(10-21)20(18)14-3-2-13-6-7-24(28(22,25)26)12-15(13)8-14/h2-5,8-9,11H,6-7,12H2,1H3,(H2,22,25,26). The van der Waals surface area contributed by atoms with E-state index >= 15 is 0 Å². The Morgan fingerprint density at radius 2 is 2.04 bits per heavy atom. The quantitative estimate of drug-likeness (QED) is 0.733. The molecule has 2 aromatic carbocycles. The molecule has 0 saturated heterocycles. The average Bonchev–Trinajstić information content (AvgIpc) is 2.70. The van der Waals surface area contributed by atoms with Crippen molar-refractivity contribution in [2.24, 2.45) is 5.14 Å². The van der Waals surface area contributed by atoms with Crippen LogP contribution in [-0.4, -0.2) is 31.4 Å². The first-order valence-electron chi connectivity index (χ1n) is 8.67. The molecule has 2 heterocycles. The molecule has 142 valence electrons. The first-order chi connectivity index (χ1) is 13.4. The van der Waals surface area contributed by atoms with E-state index in [1.807, 2.05) is 36.4 Å². The largest absolute Gasteiger partial charge is 0.497 e. The van der Waals surface area contributed by atoms with Crippen LogP contribution in [0.5, 0.6) is 5.75 Å². The average molecular weight is 394 g/mol. The lowest BCUT2D eigenvalue weighted by molar-refractivity contribution is 0.392. The van der Waals surface area contributed by atoms with E-state index in [9.17, 15) is 13.7 Å². The Balaban J connectivity index is 1.88. The number of hydrogen-bond acceptors (Lipinski definition) is 5. The molecule has 0 spiro atoms. The summed E-state index contributed by atoms with van der Waals surface area (Å²) < 4.78 is 30.0. The van der Waals surface area contributed by atoms with Crippen molar-refractivity contribution in [3.05, 3.63) is 59.3 Å². The van der Waals surface area contributed by atoms with Crippen molar-refractivity contribution < 1.29 is 13.2 Å². The van der Waals surface area contributed by atoms with Crippen molar-refractivity contribution in [3.8, 4) is 22.9 Å². The number of nitrogens with zero attached hydrogens (tertiary/aromatic N) is 3. The van der Waals surface area contributed by atoms with Crippen LogP contribution in [0.3, 0.4) is 0 Å². The molecule has 1 aliphatic heterocycles. The minimum absolute atomic E-state index is 0.223. The molecular weight excluding hydrogens is 376 g/mol. The molecule has 8 heteroatoms. The van der Waals surface area contributed by atoms with Crippen LogP contribution in [0.25, 0.3) is 22.0 Å². The summed E-state index contributed by atoms with van der Waals surface area (Å²) in [4.78, 5) is 4.37. The minimum atomic E-state index is -3.74. The highest BCUT2D eigenvalue weighted by Gasteiger charge is 2.24. The Bertz CT molecular complexity index is 1230. The Kier molecular flexibility index (Phi) is 4.51. The lowest BCUT2D eigenvalue weighted by Crippen LogP contribution is -2.40. The normalized spacial score (nSPS) is 14.5. The summed E-state index contributed by atoms with van der Waals surface area (Å²) in [5.41, 5.74) is 4.76. The Morgan fingerprint density at radius 3 is 2.75 bits per heavy atom. The highest BCUT2D eigenvalue weighted by atomic mass is 32.2. The number of rotatable bonds is 3. The van der Waals surface area contributed by atoms with E-state index in [2.05, 4.69) is 11.1 Å². The van der Waals surface area contributed by atoms with Crippen molar-refractivity contribution in [1.82, 2.24) is 9.29 Å². The zero-order chi connectivity index (χ0) is 19.9. The number of fused-ring (bicyclic) bond motifs is 2. The van der Waals surface area contributed by atoms with Gasteiger partial charge in [0, 0.05) is 36.3 Å². The first-order valence-corrected chi connectivity index (χ1v) is 10.2. The van der Waals surface area contributed by atoms with Gasteiger partial charge in [-0.2, -0.15) is 18.0 Å². The van der Waals surface area contributed by atoms with Crippen molar-refractivity contribution in [3.63, 3.8) is 0 Å².